The zero-order valence-corrected chi connectivity index (χ0v) is 10.3. The molecule has 0 aliphatic carbocycles. The van der Waals surface area contributed by atoms with Crippen LogP contribution >= 0.6 is 38.8 Å². The van der Waals surface area contributed by atoms with E-state index in [9.17, 15) is 4.57 Å². The lowest BCUT2D eigenvalue weighted by Gasteiger charge is -2.42. The minimum absolute atomic E-state index is 0.00390. The van der Waals surface area contributed by atoms with Crippen molar-refractivity contribution in [2.75, 3.05) is 19.8 Å². The monoisotopic (exact) mass is 280 g/mol. The molecule has 0 aromatic heterocycles. The Morgan fingerprint density at radius 1 is 1.36 bits per heavy atom. The van der Waals surface area contributed by atoms with Crippen molar-refractivity contribution in [3.63, 3.8) is 0 Å². The quantitative estimate of drug-likeness (QED) is 0.504. The van der Waals surface area contributed by atoms with Crippen LogP contribution in [0.3, 0.4) is 0 Å². The van der Waals surface area contributed by atoms with Gasteiger partial charge < -0.3 is 9.05 Å². The molecule has 0 N–H and O–H groups in total. The maximum atomic E-state index is 11.2. The first-order valence-electron chi connectivity index (χ1n) is 3.79. The van der Waals surface area contributed by atoms with Gasteiger partial charge in [0.15, 0.2) is 14.6 Å². The third-order valence-electron chi connectivity index (χ3n) is 2.04. The summed E-state index contributed by atoms with van der Waals surface area (Å²) in [6.07, 6.45) is 0. The standard InChI is InChI=1S/C5H8Cl2O5P2/c6-4-5(1-9-13-10-2-5)3-11-14(7,8)12-4/h4,13H,1-3H2. The molecule has 2 atom stereocenters. The fraction of sp³-hybridized carbons (Fsp3) is 1.00. The molecular formula is C5H8Cl2O5P2. The maximum Gasteiger partial charge on any atom is 0.425 e. The van der Waals surface area contributed by atoms with Crippen LogP contribution in [0.1, 0.15) is 0 Å². The van der Waals surface area contributed by atoms with E-state index in [1.165, 1.54) is 0 Å². The minimum atomic E-state index is -3.50. The van der Waals surface area contributed by atoms with Gasteiger partial charge in [0, 0.05) is 11.2 Å². The van der Waals surface area contributed by atoms with Crippen molar-refractivity contribution in [3.05, 3.63) is 0 Å². The second-order valence-electron chi connectivity index (χ2n) is 3.15. The van der Waals surface area contributed by atoms with E-state index in [1.807, 2.05) is 0 Å². The number of halogens is 2. The van der Waals surface area contributed by atoms with E-state index >= 15 is 0 Å². The Labute approximate surface area is 92.6 Å². The summed E-state index contributed by atoms with van der Waals surface area (Å²) in [6, 6.07) is 0. The topological polar surface area (TPSA) is 54.0 Å². The van der Waals surface area contributed by atoms with Crippen LogP contribution in [-0.4, -0.2) is 25.4 Å². The van der Waals surface area contributed by atoms with E-state index in [0.717, 1.165) is 0 Å². The summed E-state index contributed by atoms with van der Waals surface area (Å²) in [5, 5.41) is 0. The van der Waals surface area contributed by atoms with E-state index in [0.29, 0.717) is 13.2 Å². The Kier molecular flexibility index (Phi) is 3.43. The Morgan fingerprint density at radius 2 is 2.00 bits per heavy atom. The number of hydrogen-bond donors (Lipinski definition) is 0. The largest absolute Gasteiger partial charge is 0.425 e. The Bertz CT molecular complexity index is 269. The fourth-order valence-electron chi connectivity index (χ4n) is 1.17. The van der Waals surface area contributed by atoms with E-state index < -0.39 is 17.9 Å². The van der Waals surface area contributed by atoms with Gasteiger partial charge in [0.2, 0.25) is 0 Å². The lowest BCUT2D eigenvalue weighted by molar-refractivity contribution is -0.0706. The summed E-state index contributed by atoms with van der Waals surface area (Å²) in [5.74, 6) is 0. The van der Waals surface area contributed by atoms with Gasteiger partial charge in [-0.15, -0.1) is 0 Å². The van der Waals surface area contributed by atoms with Crippen LogP contribution in [0.25, 0.3) is 0 Å². The number of alkyl halides is 1. The molecule has 0 aromatic rings. The van der Waals surface area contributed by atoms with E-state index in [4.69, 9.17) is 40.9 Å². The second kappa shape index (κ2) is 4.15. The molecule has 0 saturated carbocycles. The van der Waals surface area contributed by atoms with Crippen LogP contribution in [0.4, 0.5) is 0 Å². The van der Waals surface area contributed by atoms with Crippen LogP contribution in [0.2, 0.25) is 0 Å². The van der Waals surface area contributed by atoms with Gasteiger partial charge in [0.25, 0.3) is 0 Å². The van der Waals surface area contributed by atoms with Crippen molar-refractivity contribution in [2.45, 2.75) is 5.56 Å². The van der Waals surface area contributed by atoms with Crippen LogP contribution < -0.4 is 0 Å². The van der Waals surface area contributed by atoms with Gasteiger partial charge >= 0.3 is 6.95 Å². The second-order valence-corrected chi connectivity index (χ2v) is 6.86. The van der Waals surface area contributed by atoms with E-state index in [1.54, 1.807) is 0 Å². The molecule has 2 aliphatic rings. The zero-order chi connectivity index (χ0) is 10.2. The number of rotatable bonds is 0. The SMILES string of the molecule is O=P1(Cl)OCC2(COPOC2)C(Cl)O1. The van der Waals surface area contributed by atoms with E-state index in [-0.39, 0.29) is 15.6 Å². The highest BCUT2D eigenvalue weighted by Gasteiger charge is 2.50. The highest BCUT2D eigenvalue weighted by Crippen LogP contribution is 2.61. The van der Waals surface area contributed by atoms with Crippen molar-refractivity contribution in [3.8, 4) is 0 Å². The van der Waals surface area contributed by atoms with Gasteiger partial charge in [-0.3, -0.25) is 9.05 Å². The summed E-state index contributed by atoms with van der Waals surface area (Å²) in [4.78, 5) is 0. The first-order chi connectivity index (χ1) is 6.54. The molecule has 0 aromatic carbocycles. The summed E-state index contributed by atoms with van der Waals surface area (Å²) in [7, 11) is 0.00390. The van der Waals surface area contributed by atoms with Gasteiger partial charge in [0.05, 0.1) is 25.2 Å². The molecule has 2 heterocycles. The third kappa shape index (κ3) is 2.26. The van der Waals surface area contributed by atoms with Crippen molar-refractivity contribution in [1.82, 2.24) is 0 Å². The van der Waals surface area contributed by atoms with Crippen molar-refractivity contribution < 1.29 is 22.7 Å². The Morgan fingerprint density at radius 3 is 2.57 bits per heavy atom. The molecule has 2 aliphatic heterocycles. The summed E-state index contributed by atoms with van der Waals surface area (Å²) >= 11 is 11.3. The Hall–Kier alpha value is 1.08. The van der Waals surface area contributed by atoms with Gasteiger partial charge in [-0.1, -0.05) is 11.6 Å². The smallest absolute Gasteiger partial charge is 0.335 e. The van der Waals surface area contributed by atoms with Crippen molar-refractivity contribution in [1.29, 1.82) is 0 Å². The highest BCUT2D eigenvalue weighted by molar-refractivity contribution is 7.81. The molecule has 9 heteroatoms. The third-order valence-corrected chi connectivity index (χ3v) is 4.68. The molecule has 2 fully saturated rings. The first kappa shape index (κ1) is 11.6. The molecule has 5 nitrogen and oxygen atoms in total. The van der Waals surface area contributed by atoms with Gasteiger partial charge in [-0.2, -0.15) is 0 Å². The van der Waals surface area contributed by atoms with Crippen molar-refractivity contribution in [2.24, 2.45) is 5.41 Å². The molecule has 2 rings (SSSR count). The molecule has 0 radical (unpaired) electrons. The van der Waals surface area contributed by atoms with Gasteiger partial charge in [-0.05, 0) is 0 Å². The molecular weight excluding hydrogens is 273 g/mol. The van der Waals surface area contributed by atoms with Gasteiger partial charge in [-0.25, -0.2) is 4.57 Å². The first-order valence-corrected chi connectivity index (χ1v) is 7.49. The van der Waals surface area contributed by atoms with Crippen LogP contribution in [0, 0.1) is 5.41 Å². The fourth-order valence-corrected chi connectivity index (χ4v) is 3.87. The summed E-state index contributed by atoms with van der Waals surface area (Å²) < 4.78 is 31.2. The molecule has 2 saturated heterocycles. The lowest BCUT2D eigenvalue weighted by Crippen LogP contribution is -2.48. The molecule has 0 amide bonds. The lowest BCUT2D eigenvalue weighted by atomic mass is 9.92. The van der Waals surface area contributed by atoms with Gasteiger partial charge in [0.1, 0.15) is 0 Å². The predicted octanol–water partition coefficient (Wildman–Crippen LogP) is 2.49. The Balaban J connectivity index is 2.10. The molecule has 82 valence electrons. The summed E-state index contributed by atoms with van der Waals surface area (Å²) in [6.45, 7) is -2.67. The molecule has 1 spiro atoms. The van der Waals surface area contributed by atoms with E-state index in [2.05, 4.69) is 0 Å². The molecule has 2 unspecified atom stereocenters. The normalized spacial score (nSPS) is 51.1. The number of hydrogen-bond acceptors (Lipinski definition) is 5. The van der Waals surface area contributed by atoms with Crippen molar-refractivity contribution >= 4 is 38.8 Å². The molecule has 14 heavy (non-hydrogen) atoms. The predicted molar refractivity (Wildman–Crippen MR) is 52.8 cm³/mol. The van der Waals surface area contributed by atoms with Crippen LogP contribution in [-0.2, 0) is 22.7 Å². The maximum absolute atomic E-state index is 11.2. The molecule has 0 bridgehead atoms. The average molecular weight is 281 g/mol. The highest BCUT2D eigenvalue weighted by atomic mass is 35.7. The summed E-state index contributed by atoms with van der Waals surface area (Å²) in [5.41, 5.74) is -1.42. The minimum Gasteiger partial charge on any atom is -0.335 e. The van der Waals surface area contributed by atoms with Crippen LogP contribution in [0.5, 0.6) is 0 Å². The van der Waals surface area contributed by atoms with Crippen LogP contribution in [0.15, 0.2) is 0 Å². The zero-order valence-electron chi connectivity index (χ0n) is 6.94. The average Bonchev–Trinajstić information content (AvgIpc) is 2.14.